The number of carbonyl (C=O) groups excluding carboxylic acids is 1. The van der Waals surface area contributed by atoms with Crippen LogP contribution in [0.2, 0.25) is 0 Å². The Morgan fingerprint density at radius 1 is 1.77 bits per heavy atom. The Balaban J connectivity index is 5.12. The van der Waals surface area contributed by atoms with Crippen LogP contribution in [0.25, 0.3) is 0 Å². The summed E-state index contributed by atoms with van der Waals surface area (Å²) in [6, 6.07) is 0.524. The lowest BCUT2D eigenvalue weighted by molar-refractivity contribution is -0.149. The summed E-state index contributed by atoms with van der Waals surface area (Å²) in [7, 11) is -5.44. The normalized spacial score (nSPS) is 15.5. The molecular weight excluding hydrogens is 205 g/mol. The molecule has 1 unspecified atom stereocenters. The zero-order chi connectivity index (χ0) is 10.7. The molecule has 0 saturated heterocycles. The van der Waals surface area contributed by atoms with Gasteiger partial charge in [0.15, 0.2) is 0 Å². The van der Waals surface area contributed by atoms with E-state index in [1.54, 1.807) is 0 Å². The number of rotatable bonds is 3. The number of esters is 1. The summed E-state index contributed by atoms with van der Waals surface area (Å²) in [6.45, 7) is 0.987. The maximum absolute atomic E-state index is 12.9. The molecule has 1 N–H and O–H groups in total. The quantitative estimate of drug-likeness (QED) is 0.504. The summed E-state index contributed by atoms with van der Waals surface area (Å²) in [4.78, 5) is 10.6. The first-order valence-corrected chi connectivity index (χ1v) is 4.48. The minimum absolute atomic E-state index is 0.304. The zero-order valence-electron chi connectivity index (χ0n) is 6.52. The first-order chi connectivity index (χ1) is 5.79. The molecule has 0 aliphatic carbocycles. The van der Waals surface area contributed by atoms with E-state index in [0.717, 1.165) is 0 Å². The van der Waals surface area contributed by atoms with E-state index < -0.39 is 21.1 Å². The average molecular weight is 211 g/mol. The van der Waals surface area contributed by atoms with E-state index in [0.29, 0.717) is 6.07 Å². The van der Waals surface area contributed by atoms with E-state index in [9.17, 15) is 17.6 Å². The van der Waals surface area contributed by atoms with Crippen molar-refractivity contribution in [1.82, 2.24) is 0 Å². The van der Waals surface area contributed by atoms with Gasteiger partial charge in [-0.1, -0.05) is 0 Å². The van der Waals surface area contributed by atoms with Crippen LogP contribution >= 0.6 is 0 Å². The third-order valence-corrected chi connectivity index (χ3v) is 2.01. The van der Waals surface area contributed by atoms with Gasteiger partial charge in [0.05, 0.1) is 6.61 Å². The summed E-state index contributed by atoms with van der Waals surface area (Å²) in [6.07, 6.45) is 0. The smallest absolute Gasteiger partial charge is 0.413 e. The maximum Gasteiger partial charge on any atom is 0.413 e. The number of ether oxygens (including phenoxy) is 1. The average Bonchev–Trinajstić information content (AvgIpc) is 2.01. The number of carbonyl (C=O) groups is 1. The minimum atomic E-state index is -5.44. The molecule has 0 heterocycles. The molecule has 0 rings (SSSR count). The molecule has 0 aromatic rings. The van der Waals surface area contributed by atoms with Crippen LogP contribution in [-0.2, 0) is 19.6 Å². The molecule has 0 fully saturated rings. The van der Waals surface area contributed by atoms with Crippen molar-refractivity contribution in [1.29, 1.82) is 5.26 Å². The van der Waals surface area contributed by atoms with E-state index in [-0.39, 0.29) is 6.61 Å². The number of hydrogen-bond acceptors (Lipinski definition) is 5. The van der Waals surface area contributed by atoms with Crippen LogP contribution in [-0.4, -0.2) is 30.5 Å². The van der Waals surface area contributed by atoms with Crippen LogP contribution < -0.4 is 0 Å². The van der Waals surface area contributed by atoms with Gasteiger partial charge < -0.3 is 4.74 Å². The summed E-state index contributed by atoms with van der Waals surface area (Å²) < 4.78 is 45.6. The van der Waals surface area contributed by atoms with Crippen LogP contribution in [0.4, 0.5) is 4.39 Å². The highest BCUT2D eigenvalue weighted by atomic mass is 32.2. The van der Waals surface area contributed by atoms with E-state index >= 15 is 0 Å². The maximum atomic E-state index is 12.9. The predicted octanol–water partition coefficient (Wildman–Crippen LogP) is -0.373. The van der Waals surface area contributed by atoms with Crippen molar-refractivity contribution < 1.29 is 26.9 Å². The Morgan fingerprint density at radius 2 is 2.23 bits per heavy atom. The molecule has 0 aliphatic rings. The Hall–Kier alpha value is -1.20. The molecule has 0 aliphatic heterocycles. The fraction of sp³-hybridized carbons (Fsp3) is 0.600. The Morgan fingerprint density at radius 3 is 2.46 bits per heavy atom. The van der Waals surface area contributed by atoms with Gasteiger partial charge >= 0.3 is 21.1 Å². The molecule has 6 nitrogen and oxygen atoms in total. The summed E-state index contributed by atoms with van der Waals surface area (Å²) in [5.41, 5.74) is 0. The van der Waals surface area contributed by atoms with Gasteiger partial charge in [-0.3, -0.25) is 4.55 Å². The molecule has 13 heavy (non-hydrogen) atoms. The number of nitriles is 1. The molecule has 0 aromatic heterocycles. The number of nitrogens with zero attached hydrogens (tertiary/aromatic N) is 1. The second-order valence-electron chi connectivity index (χ2n) is 1.90. The Bertz CT molecular complexity index is 344. The Labute approximate surface area is 73.7 Å². The first kappa shape index (κ1) is 11.8. The monoisotopic (exact) mass is 211 g/mol. The van der Waals surface area contributed by atoms with Crippen molar-refractivity contribution in [3.05, 3.63) is 0 Å². The minimum Gasteiger partial charge on any atom is -0.462 e. The second kappa shape index (κ2) is 3.68. The third kappa shape index (κ3) is 2.13. The van der Waals surface area contributed by atoms with Crippen molar-refractivity contribution in [2.45, 2.75) is 11.9 Å². The van der Waals surface area contributed by atoms with Gasteiger partial charge in [-0.25, -0.2) is 4.79 Å². The van der Waals surface area contributed by atoms with E-state index in [4.69, 9.17) is 9.81 Å². The molecule has 0 saturated carbocycles. The Kier molecular flexibility index (Phi) is 3.34. The van der Waals surface area contributed by atoms with Gasteiger partial charge in [0.2, 0.25) is 0 Å². The largest absolute Gasteiger partial charge is 0.462 e. The molecular formula is C5H6FNO5S. The van der Waals surface area contributed by atoms with Gasteiger partial charge in [0, 0.05) is 0 Å². The summed E-state index contributed by atoms with van der Waals surface area (Å²) in [5.74, 6) is -1.94. The zero-order valence-corrected chi connectivity index (χ0v) is 7.34. The molecule has 74 valence electrons. The predicted molar refractivity (Wildman–Crippen MR) is 37.6 cm³/mol. The highest BCUT2D eigenvalue weighted by Gasteiger charge is 2.53. The van der Waals surface area contributed by atoms with Gasteiger partial charge in [0.25, 0.3) is 0 Å². The van der Waals surface area contributed by atoms with Gasteiger partial charge in [-0.2, -0.15) is 18.1 Å². The number of alkyl halides is 1. The second-order valence-corrected chi connectivity index (χ2v) is 3.42. The lowest BCUT2D eigenvalue weighted by Gasteiger charge is -2.11. The van der Waals surface area contributed by atoms with Crippen LogP contribution in [0, 0.1) is 11.3 Å². The van der Waals surface area contributed by atoms with Crippen molar-refractivity contribution in [3.63, 3.8) is 0 Å². The molecule has 0 radical (unpaired) electrons. The van der Waals surface area contributed by atoms with E-state index in [1.807, 2.05) is 0 Å². The van der Waals surface area contributed by atoms with Crippen molar-refractivity contribution in [2.24, 2.45) is 0 Å². The molecule has 8 heteroatoms. The molecule has 0 amide bonds. The fourth-order valence-electron chi connectivity index (χ4n) is 0.433. The lowest BCUT2D eigenvalue weighted by Crippen LogP contribution is -2.41. The summed E-state index contributed by atoms with van der Waals surface area (Å²) >= 11 is 0. The SMILES string of the molecule is CCOC(=O)C(F)(C#N)S(=O)(=O)O. The van der Waals surface area contributed by atoms with E-state index in [1.165, 1.54) is 6.92 Å². The first-order valence-electron chi connectivity index (χ1n) is 3.04. The highest BCUT2D eigenvalue weighted by Crippen LogP contribution is 2.19. The molecule has 0 bridgehead atoms. The molecule has 0 aromatic carbocycles. The van der Waals surface area contributed by atoms with Gasteiger partial charge in [-0.05, 0) is 6.92 Å². The van der Waals surface area contributed by atoms with Crippen LogP contribution in [0.3, 0.4) is 0 Å². The van der Waals surface area contributed by atoms with Crippen molar-refractivity contribution in [3.8, 4) is 6.07 Å². The van der Waals surface area contributed by atoms with Crippen molar-refractivity contribution in [2.75, 3.05) is 6.61 Å². The molecule has 0 spiro atoms. The van der Waals surface area contributed by atoms with E-state index in [2.05, 4.69) is 4.74 Å². The number of hydrogen-bond donors (Lipinski definition) is 1. The van der Waals surface area contributed by atoms with Crippen LogP contribution in [0.15, 0.2) is 0 Å². The standard InChI is InChI=1S/C5H6FNO5S/c1-2-12-4(8)5(6,3-7)13(9,10)11/h2H2,1H3,(H,9,10,11). The van der Waals surface area contributed by atoms with Crippen molar-refractivity contribution >= 4 is 16.1 Å². The fourth-order valence-corrected chi connectivity index (χ4v) is 0.817. The van der Waals surface area contributed by atoms with Gasteiger partial charge in [-0.15, -0.1) is 0 Å². The lowest BCUT2D eigenvalue weighted by atomic mass is 10.4. The topological polar surface area (TPSA) is 104 Å². The van der Waals surface area contributed by atoms with Crippen LogP contribution in [0.5, 0.6) is 0 Å². The summed E-state index contributed by atoms with van der Waals surface area (Å²) in [5, 5.41) is 4.01. The third-order valence-electron chi connectivity index (χ3n) is 1.04. The highest BCUT2D eigenvalue weighted by molar-refractivity contribution is 7.88. The number of halogens is 1. The van der Waals surface area contributed by atoms with Crippen LogP contribution in [0.1, 0.15) is 6.92 Å². The van der Waals surface area contributed by atoms with Gasteiger partial charge in [0.1, 0.15) is 6.07 Å². The molecule has 1 atom stereocenters.